The number of nitrogens with one attached hydrogen (secondary N) is 1. The number of amides is 3. The van der Waals surface area contributed by atoms with Gasteiger partial charge >= 0.3 is 6.03 Å². The molecule has 1 spiro atoms. The Kier molecular flexibility index (Phi) is 3.14. The summed E-state index contributed by atoms with van der Waals surface area (Å²) in [5.74, 6) is -0.0440. The van der Waals surface area contributed by atoms with Gasteiger partial charge in [0, 0.05) is 12.3 Å². The number of anilines is 1. The van der Waals surface area contributed by atoms with Gasteiger partial charge in [-0.15, -0.1) is 0 Å². The summed E-state index contributed by atoms with van der Waals surface area (Å²) in [6.07, 6.45) is 2.83. The second-order valence-corrected chi connectivity index (χ2v) is 6.48. The Morgan fingerprint density at radius 1 is 1.30 bits per heavy atom. The van der Waals surface area contributed by atoms with Crippen molar-refractivity contribution in [2.24, 2.45) is 11.1 Å². The lowest BCUT2D eigenvalue weighted by molar-refractivity contribution is -0.122. The molecule has 2 fully saturated rings. The van der Waals surface area contributed by atoms with Crippen LogP contribution in [-0.2, 0) is 9.63 Å². The molecule has 0 unspecified atom stereocenters. The fourth-order valence-electron chi connectivity index (χ4n) is 3.92. The van der Waals surface area contributed by atoms with Gasteiger partial charge in [0.1, 0.15) is 11.6 Å². The van der Waals surface area contributed by atoms with Gasteiger partial charge in [-0.1, -0.05) is 36.7 Å². The molecule has 3 amide bonds. The fourth-order valence-corrected chi connectivity index (χ4v) is 3.92. The van der Waals surface area contributed by atoms with E-state index < -0.39 is 5.54 Å². The third-order valence-corrected chi connectivity index (χ3v) is 4.98. The number of fused-ring (bicyclic) bond motifs is 1. The molecule has 3 aliphatic rings. The molecule has 4 rings (SSSR count). The zero-order valence-electron chi connectivity index (χ0n) is 13.0. The minimum absolute atomic E-state index is 0.100. The average molecular weight is 313 g/mol. The molecule has 1 N–H and O–H groups in total. The summed E-state index contributed by atoms with van der Waals surface area (Å²) in [4.78, 5) is 32.1. The van der Waals surface area contributed by atoms with E-state index >= 15 is 0 Å². The maximum atomic E-state index is 13.0. The number of para-hydroxylation sites is 1. The van der Waals surface area contributed by atoms with Crippen molar-refractivity contribution in [2.75, 3.05) is 4.90 Å². The first-order valence-electron chi connectivity index (χ1n) is 8.09. The summed E-state index contributed by atoms with van der Waals surface area (Å²) in [5, 5.41) is 7.09. The minimum atomic E-state index is -0.850. The van der Waals surface area contributed by atoms with Gasteiger partial charge in [0.25, 0.3) is 5.91 Å². The lowest BCUT2D eigenvalue weighted by Crippen LogP contribution is -2.45. The topological polar surface area (TPSA) is 71.0 Å². The van der Waals surface area contributed by atoms with E-state index in [0.717, 1.165) is 18.6 Å². The normalized spacial score (nSPS) is 32.0. The van der Waals surface area contributed by atoms with Gasteiger partial charge in [-0.05, 0) is 25.0 Å². The van der Waals surface area contributed by atoms with Crippen molar-refractivity contribution < 1.29 is 14.4 Å². The number of hydrogen-bond donors (Lipinski definition) is 1. The highest BCUT2D eigenvalue weighted by atomic mass is 16.6. The highest BCUT2D eigenvalue weighted by Crippen LogP contribution is 2.45. The molecule has 0 radical (unpaired) electrons. The molecule has 1 saturated carbocycles. The van der Waals surface area contributed by atoms with Crippen LogP contribution in [0.3, 0.4) is 0 Å². The van der Waals surface area contributed by atoms with Crippen LogP contribution in [-0.4, -0.2) is 29.3 Å². The molecule has 0 aromatic heterocycles. The minimum Gasteiger partial charge on any atom is -0.392 e. The van der Waals surface area contributed by atoms with E-state index in [1.807, 2.05) is 18.2 Å². The predicted octanol–water partition coefficient (Wildman–Crippen LogP) is 2.45. The highest BCUT2D eigenvalue weighted by Gasteiger charge is 2.61. The van der Waals surface area contributed by atoms with E-state index in [9.17, 15) is 9.59 Å². The van der Waals surface area contributed by atoms with Gasteiger partial charge in [-0.2, -0.15) is 0 Å². The average Bonchev–Trinajstić information content (AvgIpc) is 3.15. The lowest BCUT2D eigenvalue weighted by Gasteiger charge is -2.21. The van der Waals surface area contributed by atoms with Crippen molar-refractivity contribution in [3.63, 3.8) is 0 Å². The van der Waals surface area contributed by atoms with Crippen molar-refractivity contribution in [1.82, 2.24) is 5.32 Å². The quantitative estimate of drug-likeness (QED) is 0.871. The molecule has 3 atom stereocenters. The number of imide groups is 1. The molecule has 2 aliphatic heterocycles. The second kappa shape index (κ2) is 5.08. The highest BCUT2D eigenvalue weighted by molar-refractivity contribution is 6.23. The van der Waals surface area contributed by atoms with Crippen LogP contribution < -0.4 is 10.2 Å². The zero-order chi connectivity index (χ0) is 16.0. The summed E-state index contributed by atoms with van der Waals surface area (Å²) < 4.78 is 0. The van der Waals surface area contributed by atoms with Gasteiger partial charge in [-0.3, -0.25) is 4.79 Å². The number of carbonyl (C=O) groups excluding carboxylic acids is 2. The van der Waals surface area contributed by atoms with Crippen LogP contribution >= 0.6 is 0 Å². The monoisotopic (exact) mass is 313 g/mol. The Labute approximate surface area is 134 Å². The van der Waals surface area contributed by atoms with Crippen LogP contribution in [0.5, 0.6) is 0 Å². The van der Waals surface area contributed by atoms with Crippen LogP contribution in [0.2, 0.25) is 0 Å². The Balaban J connectivity index is 1.61. The Hall–Kier alpha value is -2.37. The number of urea groups is 1. The first-order chi connectivity index (χ1) is 11.1. The Morgan fingerprint density at radius 3 is 2.83 bits per heavy atom. The standard InChI is InChI=1S/C17H19N3O3/c1-2-6-13-12-9-17(10-14(12)23-19-13)15(21)20(16(22)18-17)11-7-4-3-5-8-11/h3-5,7-8,12,14H,2,6,9-10H2,1H3,(H,18,22)/t12-,14-,17-/m0/s1. The van der Waals surface area contributed by atoms with Gasteiger partial charge < -0.3 is 10.2 Å². The summed E-state index contributed by atoms with van der Waals surface area (Å²) in [6, 6.07) is 8.69. The summed E-state index contributed by atoms with van der Waals surface area (Å²) in [5.41, 5.74) is 0.777. The third kappa shape index (κ3) is 2.04. The maximum Gasteiger partial charge on any atom is 0.329 e. The molecular weight excluding hydrogens is 294 g/mol. The number of hydrogen-bond acceptors (Lipinski definition) is 4. The van der Waals surface area contributed by atoms with Crippen molar-refractivity contribution in [3.05, 3.63) is 30.3 Å². The number of oxime groups is 1. The van der Waals surface area contributed by atoms with E-state index in [4.69, 9.17) is 4.84 Å². The summed E-state index contributed by atoms with van der Waals surface area (Å²) in [7, 11) is 0. The maximum absolute atomic E-state index is 13.0. The second-order valence-electron chi connectivity index (χ2n) is 6.48. The van der Waals surface area contributed by atoms with Gasteiger partial charge in [0.05, 0.1) is 11.4 Å². The molecule has 1 aromatic rings. The first kappa shape index (κ1) is 14.2. The fraction of sp³-hybridized carbons (Fsp3) is 0.471. The number of rotatable bonds is 3. The molecule has 1 saturated heterocycles. The summed E-state index contributed by atoms with van der Waals surface area (Å²) in [6.45, 7) is 2.10. The van der Waals surface area contributed by atoms with E-state index in [0.29, 0.717) is 18.5 Å². The molecule has 6 nitrogen and oxygen atoms in total. The SMILES string of the molecule is CCCC1=NO[C@H]2C[C@]3(C[C@@H]12)NC(=O)N(c1ccccc1)C3=O. The molecule has 1 aliphatic carbocycles. The molecule has 23 heavy (non-hydrogen) atoms. The number of nitrogens with zero attached hydrogens (tertiary/aromatic N) is 2. The van der Waals surface area contributed by atoms with Crippen molar-refractivity contribution >= 4 is 23.3 Å². The van der Waals surface area contributed by atoms with Crippen LogP contribution in [0.1, 0.15) is 32.6 Å². The summed E-state index contributed by atoms with van der Waals surface area (Å²) >= 11 is 0. The van der Waals surface area contributed by atoms with Crippen molar-refractivity contribution in [1.29, 1.82) is 0 Å². The van der Waals surface area contributed by atoms with Crippen molar-refractivity contribution in [2.45, 2.75) is 44.2 Å². The first-order valence-corrected chi connectivity index (χ1v) is 8.09. The van der Waals surface area contributed by atoms with E-state index in [2.05, 4.69) is 17.4 Å². The largest absolute Gasteiger partial charge is 0.392 e. The Bertz CT molecular complexity index is 688. The molecule has 6 heteroatoms. The molecule has 0 bridgehead atoms. The smallest absolute Gasteiger partial charge is 0.329 e. The molecule has 120 valence electrons. The van der Waals surface area contributed by atoms with Crippen LogP contribution in [0.4, 0.5) is 10.5 Å². The van der Waals surface area contributed by atoms with Gasteiger partial charge in [0.15, 0.2) is 0 Å². The molecular formula is C17H19N3O3. The van der Waals surface area contributed by atoms with Crippen LogP contribution in [0.25, 0.3) is 0 Å². The number of carbonyl (C=O) groups is 2. The van der Waals surface area contributed by atoms with E-state index in [1.54, 1.807) is 12.1 Å². The van der Waals surface area contributed by atoms with E-state index in [-0.39, 0.29) is 24.0 Å². The van der Waals surface area contributed by atoms with Crippen LogP contribution in [0.15, 0.2) is 35.5 Å². The third-order valence-electron chi connectivity index (χ3n) is 4.98. The molecule has 1 aromatic carbocycles. The lowest BCUT2D eigenvalue weighted by atomic mass is 9.92. The van der Waals surface area contributed by atoms with Crippen molar-refractivity contribution in [3.8, 4) is 0 Å². The zero-order valence-corrected chi connectivity index (χ0v) is 13.0. The van der Waals surface area contributed by atoms with Gasteiger partial charge in [-0.25, -0.2) is 9.69 Å². The van der Waals surface area contributed by atoms with Gasteiger partial charge in [0.2, 0.25) is 0 Å². The predicted molar refractivity (Wildman–Crippen MR) is 85.1 cm³/mol. The Morgan fingerprint density at radius 2 is 2.09 bits per heavy atom. The molecule has 2 heterocycles. The van der Waals surface area contributed by atoms with E-state index in [1.165, 1.54) is 4.90 Å². The van der Waals surface area contributed by atoms with Crippen LogP contribution in [0, 0.1) is 5.92 Å². The number of benzene rings is 1.